The summed E-state index contributed by atoms with van der Waals surface area (Å²) in [5.41, 5.74) is 0.541. The number of rotatable bonds is 8. The van der Waals surface area contributed by atoms with E-state index in [1.807, 2.05) is 11.8 Å². The van der Waals surface area contributed by atoms with Crippen LogP contribution >= 0.6 is 23.4 Å². The van der Waals surface area contributed by atoms with Gasteiger partial charge in [0.05, 0.1) is 15.5 Å². The fraction of sp³-hybridized carbons (Fsp3) is 0.350. The second-order valence-corrected chi connectivity index (χ2v) is 10.1. The number of benzene rings is 2. The maximum atomic E-state index is 12.5. The number of carbonyl (C=O) groups is 1. The van der Waals surface area contributed by atoms with E-state index in [0.29, 0.717) is 17.5 Å². The molecule has 150 valence electrons. The molecule has 0 saturated heterocycles. The lowest BCUT2D eigenvalue weighted by Crippen LogP contribution is -2.26. The molecule has 1 saturated carbocycles. The number of sulfonamides is 1. The minimum atomic E-state index is -3.73. The second kappa shape index (κ2) is 9.67. The SMILES string of the molecule is O=C(NCCSC1CCCC1)c1cc(NS(=O)(=O)c2ccccc2)ccc1Cl. The number of hydrogen-bond acceptors (Lipinski definition) is 4. The first-order valence-electron chi connectivity index (χ1n) is 9.23. The molecule has 2 aromatic rings. The number of anilines is 1. The molecular formula is C20H23ClN2O3S2. The van der Waals surface area contributed by atoms with Gasteiger partial charge in [-0.3, -0.25) is 9.52 Å². The number of hydrogen-bond donors (Lipinski definition) is 2. The van der Waals surface area contributed by atoms with E-state index in [2.05, 4.69) is 10.0 Å². The van der Waals surface area contributed by atoms with Gasteiger partial charge in [-0.15, -0.1) is 0 Å². The molecule has 2 N–H and O–H groups in total. The van der Waals surface area contributed by atoms with Crippen LogP contribution in [0.3, 0.4) is 0 Å². The van der Waals surface area contributed by atoms with Crippen molar-refractivity contribution in [2.24, 2.45) is 0 Å². The van der Waals surface area contributed by atoms with Crippen LogP contribution in [0.2, 0.25) is 5.02 Å². The van der Waals surface area contributed by atoms with E-state index in [9.17, 15) is 13.2 Å². The molecule has 1 fully saturated rings. The van der Waals surface area contributed by atoms with Crippen LogP contribution in [0.4, 0.5) is 5.69 Å². The zero-order valence-corrected chi connectivity index (χ0v) is 17.7. The zero-order valence-electron chi connectivity index (χ0n) is 15.4. The van der Waals surface area contributed by atoms with Gasteiger partial charge in [0.2, 0.25) is 0 Å². The van der Waals surface area contributed by atoms with Gasteiger partial charge in [0, 0.05) is 23.2 Å². The largest absolute Gasteiger partial charge is 0.351 e. The molecule has 1 amide bonds. The molecule has 0 aromatic heterocycles. The molecule has 0 unspecified atom stereocenters. The summed E-state index contributed by atoms with van der Waals surface area (Å²) in [7, 11) is -3.73. The molecule has 0 radical (unpaired) electrons. The summed E-state index contributed by atoms with van der Waals surface area (Å²) >= 11 is 8.05. The Balaban J connectivity index is 1.61. The fourth-order valence-corrected chi connectivity index (χ4v) is 5.61. The molecule has 5 nitrogen and oxygen atoms in total. The number of carbonyl (C=O) groups excluding carboxylic acids is 1. The van der Waals surface area contributed by atoms with Crippen molar-refractivity contribution in [1.82, 2.24) is 5.32 Å². The normalized spacial score (nSPS) is 14.8. The van der Waals surface area contributed by atoms with E-state index in [1.165, 1.54) is 56.0 Å². The van der Waals surface area contributed by atoms with Crippen molar-refractivity contribution in [3.05, 3.63) is 59.1 Å². The van der Waals surface area contributed by atoms with Crippen molar-refractivity contribution in [1.29, 1.82) is 0 Å². The Labute approximate surface area is 175 Å². The van der Waals surface area contributed by atoms with E-state index in [4.69, 9.17) is 11.6 Å². The van der Waals surface area contributed by atoms with Crippen molar-refractivity contribution in [3.63, 3.8) is 0 Å². The molecule has 2 aromatic carbocycles. The maximum Gasteiger partial charge on any atom is 0.261 e. The molecule has 1 aliphatic carbocycles. The Morgan fingerprint density at radius 1 is 1.11 bits per heavy atom. The van der Waals surface area contributed by atoms with E-state index in [1.54, 1.807) is 18.2 Å². The molecule has 0 bridgehead atoms. The third-order valence-electron chi connectivity index (χ3n) is 4.56. The number of halogens is 1. The highest BCUT2D eigenvalue weighted by molar-refractivity contribution is 7.99. The monoisotopic (exact) mass is 438 g/mol. The Hall–Kier alpha value is -1.70. The maximum absolute atomic E-state index is 12.5. The van der Waals surface area contributed by atoms with E-state index >= 15 is 0 Å². The third-order valence-corrected chi connectivity index (χ3v) is 7.67. The van der Waals surface area contributed by atoms with Crippen LogP contribution in [-0.2, 0) is 10.0 Å². The van der Waals surface area contributed by atoms with Crippen LogP contribution < -0.4 is 10.0 Å². The number of thioether (sulfide) groups is 1. The summed E-state index contributed by atoms with van der Waals surface area (Å²) < 4.78 is 27.4. The molecule has 0 heterocycles. The lowest BCUT2D eigenvalue weighted by atomic mass is 10.2. The van der Waals surface area contributed by atoms with E-state index in [0.717, 1.165) is 5.75 Å². The van der Waals surface area contributed by atoms with Crippen molar-refractivity contribution < 1.29 is 13.2 Å². The lowest BCUT2D eigenvalue weighted by Gasteiger charge is -2.12. The molecule has 1 aliphatic rings. The highest BCUT2D eigenvalue weighted by Gasteiger charge is 2.17. The summed E-state index contributed by atoms with van der Waals surface area (Å²) in [4.78, 5) is 12.6. The predicted octanol–water partition coefficient (Wildman–Crippen LogP) is 4.55. The van der Waals surface area contributed by atoms with Gasteiger partial charge in [-0.2, -0.15) is 11.8 Å². The first-order valence-corrected chi connectivity index (χ1v) is 12.1. The molecular weight excluding hydrogens is 416 g/mol. The lowest BCUT2D eigenvalue weighted by molar-refractivity contribution is 0.0956. The van der Waals surface area contributed by atoms with Crippen molar-refractivity contribution in [2.75, 3.05) is 17.0 Å². The van der Waals surface area contributed by atoms with Crippen LogP contribution in [0.15, 0.2) is 53.4 Å². The average molecular weight is 439 g/mol. The third kappa shape index (κ3) is 5.65. The number of amides is 1. The average Bonchev–Trinajstić information content (AvgIpc) is 3.20. The van der Waals surface area contributed by atoms with Gasteiger partial charge in [-0.05, 0) is 43.2 Å². The van der Waals surface area contributed by atoms with Crippen LogP contribution in [0.5, 0.6) is 0 Å². The zero-order chi connectivity index (χ0) is 20.0. The van der Waals surface area contributed by atoms with Crippen LogP contribution in [0.1, 0.15) is 36.0 Å². The summed E-state index contributed by atoms with van der Waals surface area (Å²) in [5.74, 6) is 0.548. The molecule has 3 rings (SSSR count). The predicted molar refractivity (Wildman–Crippen MR) is 116 cm³/mol. The van der Waals surface area contributed by atoms with E-state index < -0.39 is 10.0 Å². The molecule has 0 spiro atoms. The van der Waals surface area contributed by atoms with Crippen LogP contribution in [0, 0.1) is 0 Å². The Morgan fingerprint density at radius 2 is 1.82 bits per heavy atom. The van der Waals surface area contributed by atoms with Gasteiger partial charge in [-0.1, -0.05) is 42.6 Å². The Morgan fingerprint density at radius 3 is 2.54 bits per heavy atom. The topological polar surface area (TPSA) is 75.3 Å². The van der Waals surface area contributed by atoms with E-state index in [-0.39, 0.29) is 21.4 Å². The minimum absolute atomic E-state index is 0.153. The van der Waals surface area contributed by atoms with Crippen LogP contribution in [-0.4, -0.2) is 31.9 Å². The molecule has 8 heteroatoms. The van der Waals surface area contributed by atoms with Gasteiger partial charge in [0.25, 0.3) is 15.9 Å². The van der Waals surface area contributed by atoms with Crippen LogP contribution in [0.25, 0.3) is 0 Å². The first kappa shape index (κ1) is 21.0. The van der Waals surface area contributed by atoms with Gasteiger partial charge >= 0.3 is 0 Å². The van der Waals surface area contributed by atoms with Crippen molar-refractivity contribution >= 4 is 45.0 Å². The Bertz CT molecular complexity index is 914. The second-order valence-electron chi connectivity index (χ2n) is 6.65. The van der Waals surface area contributed by atoms with Gasteiger partial charge in [-0.25, -0.2) is 8.42 Å². The van der Waals surface area contributed by atoms with Gasteiger partial charge in [0.1, 0.15) is 0 Å². The molecule has 0 atom stereocenters. The minimum Gasteiger partial charge on any atom is -0.351 e. The number of nitrogens with one attached hydrogen (secondary N) is 2. The highest BCUT2D eigenvalue weighted by atomic mass is 35.5. The molecule has 28 heavy (non-hydrogen) atoms. The smallest absolute Gasteiger partial charge is 0.261 e. The van der Waals surface area contributed by atoms with Crippen molar-refractivity contribution in [3.8, 4) is 0 Å². The van der Waals surface area contributed by atoms with Gasteiger partial charge in [0.15, 0.2) is 0 Å². The Kier molecular flexibility index (Phi) is 7.26. The fourth-order valence-electron chi connectivity index (χ4n) is 3.12. The summed E-state index contributed by atoms with van der Waals surface area (Å²) in [6, 6.07) is 12.6. The summed E-state index contributed by atoms with van der Waals surface area (Å²) in [6.07, 6.45) is 5.11. The quantitative estimate of drug-likeness (QED) is 0.593. The van der Waals surface area contributed by atoms with Crippen molar-refractivity contribution in [2.45, 2.75) is 35.8 Å². The highest BCUT2D eigenvalue weighted by Crippen LogP contribution is 2.29. The summed E-state index contributed by atoms with van der Waals surface area (Å²) in [5, 5.41) is 3.85. The standard InChI is InChI=1S/C20H23ClN2O3S2/c21-19-11-10-15(23-28(25,26)17-8-2-1-3-9-17)14-18(19)20(24)22-12-13-27-16-6-4-5-7-16/h1-3,8-11,14,16,23H,4-7,12-13H2,(H,22,24). The first-order chi connectivity index (χ1) is 13.5. The summed E-state index contributed by atoms with van der Waals surface area (Å²) in [6.45, 7) is 0.552. The molecule has 0 aliphatic heterocycles. The van der Waals surface area contributed by atoms with Gasteiger partial charge < -0.3 is 5.32 Å².